The minimum Gasteiger partial charge on any atom is -0.394 e. The Kier molecular flexibility index (Phi) is 1.77. The first-order valence-electron chi connectivity index (χ1n) is 5.70. The lowest BCUT2D eigenvalue weighted by molar-refractivity contribution is 0.109. The van der Waals surface area contributed by atoms with Crippen molar-refractivity contribution in [1.29, 1.82) is 0 Å². The van der Waals surface area contributed by atoms with Crippen LogP contribution in [0.2, 0.25) is 0 Å². The zero-order chi connectivity index (χ0) is 10.5. The van der Waals surface area contributed by atoms with Gasteiger partial charge in [-0.2, -0.15) is 0 Å². The van der Waals surface area contributed by atoms with Gasteiger partial charge in [-0.05, 0) is 42.2 Å². The molecule has 15 heavy (non-hydrogen) atoms. The van der Waals surface area contributed by atoms with Crippen LogP contribution in [0.5, 0.6) is 0 Å². The summed E-state index contributed by atoms with van der Waals surface area (Å²) in [6.07, 6.45) is 4.62. The van der Waals surface area contributed by atoms with Crippen molar-refractivity contribution in [2.45, 2.75) is 31.2 Å². The zero-order valence-electron chi connectivity index (χ0n) is 8.87. The molecule has 1 atom stereocenters. The lowest BCUT2D eigenvalue weighted by atomic mass is 9.67. The van der Waals surface area contributed by atoms with E-state index in [1.54, 1.807) is 0 Å². The van der Waals surface area contributed by atoms with E-state index in [4.69, 9.17) is 5.73 Å². The molecule has 2 heteroatoms. The summed E-state index contributed by atoms with van der Waals surface area (Å²) in [6.45, 7) is 0.0734. The van der Waals surface area contributed by atoms with Crippen LogP contribution in [0.25, 0.3) is 0 Å². The maximum absolute atomic E-state index is 9.65. The van der Waals surface area contributed by atoms with Crippen molar-refractivity contribution >= 4 is 0 Å². The Morgan fingerprint density at radius 1 is 1.20 bits per heavy atom. The topological polar surface area (TPSA) is 46.2 Å². The van der Waals surface area contributed by atoms with Crippen molar-refractivity contribution in [3.05, 3.63) is 35.4 Å². The van der Waals surface area contributed by atoms with Crippen molar-refractivity contribution < 1.29 is 5.11 Å². The van der Waals surface area contributed by atoms with Gasteiger partial charge in [-0.3, -0.25) is 0 Å². The average Bonchev–Trinajstić information content (AvgIpc) is 3.06. The highest BCUT2D eigenvalue weighted by Crippen LogP contribution is 2.62. The minimum atomic E-state index is -0.484. The second-order valence-electron chi connectivity index (χ2n) is 5.07. The highest BCUT2D eigenvalue weighted by Gasteiger charge is 2.59. The van der Waals surface area contributed by atoms with E-state index in [0.29, 0.717) is 0 Å². The first-order chi connectivity index (χ1) is 7.22. The molecule has 0 saturated heterocycles. The number of aliphatic hydroxyl groups is 1. The molecule has 1 fully saturated rings. The quantitative estimate of drug-likeness (QED) is 0.727. The first-order valence-corrected chi connectivity index (χ1v) is 5.70. The average molecular weight is 203 g/mol. The van der Waals surface area contributed by atoms with Gasteiger partial charge in [0, 0.05) is 0 Å². The summed E-state index contributed by atoms with van der Waals surface area (Å²) in [4.78, 5) is 0. The van der Waals surface area contributed by atoms with Gasteiger partial charge in [0.2, 0.25) is 0 Å². The fourth-order valence-electron chi connectivity index (χ4n) is 3.16. The van der Waals surface area contributed by atoms with Crippen molar-refractivity contribution in [2.24, 2.45) is 11.1 Å². The standard InChI is InChI=1S/C13H17NO/c14-13(9-15)11-4-2-1-3-10(11)5-6-12(13)7-8-12/h1-4,15H,5-9,14H2. The number of hydrogen-bond acceptors (Lipinski definition) is 2. The van der Waals surface area contributed by atoms with Gasteiger partial charge in [0.1, 0.15) is 0 Å². The summed E-state index contributed by atoms with van der Waals surface area (Å²) >= 11 is 0. The smallest absolute Gasteiger partial charge is 0.0703 e. The van der Waals surface area contributed by atoms with Crippen molar-refractivity contribution in [1.82, 2.24) is 0 Å². The third kappa shape index (κ3) is 1.06. The van der Waals surface area contributed by atoms with E-state index in [2.05, 4.69) is 18.2 Å². The molecule has 1 unspecified atom stereocenters. The van der Waals surface area contributed by atoms with E-state index in [9.17, 15) is 5.11 Å². The number of aryl methyl sites for hydroxylation is 1. The van der Waals surface area contributed by atoms with Gasteiger partial charge in [-0.15, -0.1) is 0 Å². The van der Waals surface area contributed by atoms with E-state index in [0.717, 1.165) is 12.8 Å². The summed E-state index contributed by atoms with van der Waals surface area (Å²) in [5, 5.41) is 9.65. The third-order valence-electron chi connectivity index (χ3n) is 4.42. The SMILES string of the molecule is NC1(CO)c2ccccc2CCC12CC2. The Hall–Kier alpha value is -0.860. The first kappa shape index (κ1) is 9.37. The molecule has 0 heterocycles. The maximum atomic E-state index is 9.65. The van der Waals surface area contributed by atoms with Crippen LogP contribution in [0.1, 0.15) is 30.4 Å². The van der Waals surface area contributed by atoms with Gasteiger partial charge in [-0.1, -0.05) is 24.3 Å². The van der Waals surface area contributed by atoms with Crippen LogP contribution in [0.4, 0.5) is 0 Å². The van der Waals surface area contributed by atoms with Crippen molar-refractivity contribution in [2.75, 3.05) is 6.61 Å². The van der Waals surface area contributed by atoms with Crippen LogP contribution in [0.15, 0.2) is 24.3 Å². The molecule has 0 radical (unpaired) electrons. The van der Waals surface area contributed by atoms with Gasteiger partial charge in [0.05, 0.1) is 12.1 Å². The van der Waals surface area contributed by atoms with Crippen LogP contribution < -0.4 is 5.73 Å². The summed E-state index contributed by atoms with van der Waals surface area (Å²) in [6, 6.07) is 8.31. The van der Waals surface area contributed by atoms with Crippen LogP contribution in [0.3, 0.4) is 0 Å². The molecule has 0 aliphatic heterocycles. The Bertz CT molecular complexity index is 397. The van der Waals surface area contributed by atoms with Gasteiger partial charge in [0.25, 0.3) is 0 Å². The summed E-state index contributed by atoms with van der Waals surface area (Å²) in [5.41, 5.74) is 8.68. The Balaban J connectivity index is 2.16. The minimum absolute atomic E-state index is 0.0734. The molecule has 2 aliphatic carbocycles. The Morgan fingerprint density at radius 2 is 1.93 bits per heavy atom. The Morgan fingerprint density at radius 3 is 2.60 bits per heavy atom. The fraction of sp³-hybridized carbons (Fsp3) is 0.538. The molecule has 0 amide bonds. The molecule has 3 N–H and O–H groups in total. The van der Waals surface area contributed by atoms with E-state index in [1.807, 2.05) is 6.07 Å². The molecule has 80 valence electrons. The van der Waals surface area contributed by atoms with Gasteiger partial charge < -0.3 is 10.8 Å². The normalized spacial score (nSPS) is 31.3. The lowest BCUT2D eigenvalue weighted by Crippen LogP contribution is -2.51. The molecule has 1 aromatic rings. The van der Waals surface area contributed by atoms with E-state index < -0.39 is 5.54 Å². The number of benzene rings is 1. The predicted molar refractivity (Wildman–Crippen MR) is 59.4 cm³/mol. The molecular formula is C13H17NO. The van der Waals surface area contributed by atoms with E-state index in [-0.39, 0.29) is 12.0 Å². The largest absolute Gasteiger partial charge is 0.394 e. The molecule has 0 bridgehead atoms. The highest BCUT2D eigenvalue weighted by atomic mass is 16.3. The molecule has 1 saturated carbocycles. The van der Waals surface area contributed by atoms with Crippen molar-refractivity contribution in [3.63, 3.8) is 0 Å². The molecule has 1 spiro atoms. The third-order valence-corrected chi connectivity index (χ3v) is 4.42. The molecule has 3 rings (SSSR count). The van der Waals surface area contributed by atoms with Gasteiger partial charge in [-0.25, -0.2) is 0 Å². The lowest BCUT2D eigenvalue weighted by Gasteiger charge is -2.42. The Labute approximate surface area is 90.1 Å². The number of hydrogen-bond donors (Lipinski definition) is 2. The summed E-state index contributed by atoms with van der Waals surface area (Å²) in [7, 11) is 0. The zero-order valence-corrected chi connectivity index (χ0v) is 8.87. The molecule has 1 aromatic carbocycles. The van der Waals surface area contributed by atoms with E-state index in [1.165, 1.54) is 24.0 Å². The number of fused-ring (bicyclic) bond motifs is 1. The number of aliphatic hydroxyl groups excluding tert-OH is 1. The molecule has 0 aromatic heterocycles. The molecular weight excluding hydrogens is 186 g/mol. The van der Waals surface area contributed by atoms with Crippen LogP contribution in [-0.2, 0) is 12.0 Å². The van der Waals surface area contributed by atoms with Crippen LogP contribution in [0, 0.1) is 5.41 Å². The number of rotatable bonds is 1. The summed E-state index contributed by atoms with van der Waals surface area (Å²) < 4.78 is 0. The second kappa shape index (κ2) is 2.83. The van der Waals surface area contributed by atoms with Crippen molar-refractivity contribution in [3.8, 4) is 0 Å². The van der Waals surface area contributed by atoms with Gasteiger partial charge >= 0.3 is 0 Å². The maximum Gasteiger partial charge on any atom is 0.0703 e. The van der Waals surface area contributed by atoms with Crippen LogP contribution in [-0.4, -0.2) is 11.7 Å². The monoisotopic (exact) mass is 203 g/mol. The van der Waals surface area contributed by atoms with E-state index >= 15 is 0 Å². The highest BCUT2D eigenvalue weighted by molar-refractivity contribution is 5.40. The fourth-order valence-corrected chi connectivity index (χ4v) is 3.16. The summed E-state index contributed by atoms with van der Waals surface area (Å²) in [5.74, 6) is 0. The molecule has 2 aliphatic rings. The van der Waals surface area contributed by atoms with Crippen LogP contribution >= 0.6 is 0 Å². The molecule has 2 nitrogen and oxygen atoms in total. The second-order valence-corrected chi connectivity index (χ2v) is 5.07. The van der Waals surface area contributed by atoms with Gasteiger partial charge in [0.15, 0.2) is 0 Å². The predicted octanol–water partition coefficient (Wildman–Crippen LogP) is 1.56. The number of nitrogens with two attached hydrogens (primary N) is 1.